The van der Waals surface area contributed by atoms with Crippen molar-refractivity contribution in [2.45, 2.75) is 209 Å². The zero-order valence-electron chi connectivity index (χ0n) is 60.4. The molecule has 0 aromatic carbocycles. The molecule has 4 spiro atoms. The molecule has 6 aliphatic rings. The summed E-state index contributed by atoms with van der Waals surface area (Å²) >= 11 is 0. The Balaban J connectivity index is 0.000000576. The van der Waals surface area contributed by atoms with Gasteiger partial charge in [-0.3, -0.25) is 0 Å². The molecule has 6 rings (SSSR count). The molecule has 11 nitrogen and oxygen atoms in total. The van der Waals surface area contributed by atoms with E-state index in [1.165, 1.54) is 26.2 Å². The number of allylic oxidation sites excluding steroid dienone is 16. The molecule has 0 aromatic heterocycles. The molecule has 6 aliphatic carbocycles. The highest BCUT2D eigenvalue weighted by atomic mass is 28.4. The lowest BCUT2D eigenvalue weighted by atomic mass is 8.44. The van der Waals surface area contributed by atoms with Gasteiger partial charge in [-0.25, -0.2) is 4.79 Å². The first kappa shape index (κ1) is 88.4. The van der Waals surface area contributed by atoms with Crippen LogP contribution in [0.3, 0.4) is 0 Å². The Labute approximate surface area is 578 Å². The molecule has 0 saturated heterocycles. The molecule has 2 fully saturated rings. The highest BCUT2D eigenvalue weighted by Crippen LogP contribution is 2.61. The number of alkyl carbamates (subject to hydrolysis) is 1. The van der Waals surface area contributed by atoms with Gasteiger partial charge < -0.3 is 49.8 Å². The van der Waals surface area contributed by atoms with Crippen molar-refractivity contribution in [2.75, 3.05) is 46.1 Å². The summed E-state index contributed by atoms with van der Waals surface area (Å²) in [6.07, 6.45) is 39.4. The summed E-state index contributed by atoms with van der Waals surface area (Å²) < 4.78 is 22.6. The third-order valence-electron chi connectivity index (χ3n) is 19.4. The van der Waals surface area contributed by atoms with Gasteiger partial charge in [0.2, 0.25) is 0 Å². The second-order valence-corrected chi connectivity index (χ2v) is 40.4. The fourth-order valence-electron chi connectivity index (χ4n) is 11.7. The van der Waals surface area contributed by atoms with Crippen LogP contribution in [-0.2, 0) is 18.3 Å². The van der Waals surface area contributed by atoms with Crippen LogP contribution in [0.4, 0.5) is 4.79 Å². The first-order chi connectivity index (χ1) is 42.3. The summed E-state index contributed by atoms with van der Waals surface area (Å²) in [5.74, 6) is 0.597. The van der Waals surface area contributed by atoms with Gasteiger partial charge in [0.1, 0.15) is 6.61 Å². The highest BCUT2D eigenvalue weighted by molar-refractivity contribution is 8.13. The number of amides is 1. The summed E-state index contributed by atoms with van der Waals surface area (Å²) in [5.41, 5.74) is 6.93. The van der Waals surface area contributed by atoms with Gasteiger partial charge in [0.05, 0.1) is 44.2 Å². The number of hydrogen-bond acceptors (Lipinski definition) is 10. The first-order valence-corrected chi connectivity index (χ1v) is 39.6. The molecule has 18 radical (unpaired) electrons. The number of aliphatic hydroxyl groups excluding tert-OH is 4. The van der Waals surface area contributed by atoms with Crippen LogP contribution in [0.5, 0.6) is 0 Å². The van der Waals surface area contributed by atoms with Crippen molar-refractivity contribution in [2.24, 2.45) is 44.1 Å². The molecule has 0 aliphatic heterocycles. The summed E-state index contributed by atoms with van der Waals surface area (Å²) in [6, 6.07) is 0. The van der Waals surface area contributed by atoms with Crippen molar-refractivity contribution in [3.63, 3.8) is 0 Å². The van der Waals surface area contributed by atoms with Crippen LogP contribution in [0.15, 0.2) is 97.2 Å². The number of carbonyl (C=O) groups excluding carboxylic acids is 1. The third kappa shape index (κ3) is 29.0. The standard InChI is InChI=1S/C21H29NO3.C17H23N.C13H30O2Si.C9H22O2Si.C3H8O2.B16/c1-3-19(16-22-18(24)25-13-17(2)23)14-21(15-19)11-9-20(10-12-21)7-5-4-6-8-20;1-2-15(14-18)12-17(13-15)10-8-16(9-11-17)6-4-3-5-7-16;1-11(2)9-14-10-12(3)15-16(7,8)13(4,5)6;1-8(7-10)11-12(5,6)9(2,3)4;1-3(5)2-4;1-10(2)14(9)16(13(7)8)15(11(3)4)12(5)6/h5-12,17,23H,3-4,13-16H2,1-2H3,(H,22,24);4-11H,2-3,12-14,18H2,1H3;11-12H,9-10H2,1-8H3;8,10H,7H2,1-6H3;3-5H,2H2,1H3;/t17-;;12-;8-;3-;/m0.000./s1. The van der Waals surface area contributed by atoms with Crippen LogP contribution >= 0.6 is 0 Å². The van der Waals surface area contributed by atoms with E-state index in [-0.39, 0.29) is 63.8 Å². The maximum Gasteiger partial charge on any atom is 0.407 e. The Morgan fingerprint density at radius 1 is 0.543 bits per heavy atom. The Morgan fingerprint density at radius 2 is 0.913 bits per heavy atom. The van der Waals surface area contributed by atoms with Crippen LogP contribution in [-0.4, -0.2) is 228 Å². The predicted octanol–water partition coefficient (Wildman–Crippen LogP) is 7.37. The molecular formula is C63H112B16N2O9Si2. The first-order valence-electron chi connectivity index (χ1n) is 33.7. The van der Waals surface area contributed by atoms with Crippen molar-refractivity contribution in [1.29, 1.82) is 0 Å². The number of nitrogens with one attached hydrogen (secondary N) is 1. The minimum absolute atomic E-state index is 0.0223. The maximum atomic E-state index is 11.7. The van der Waals surface area contributed by atoms with E-state index < -0.39 is 79.6 Å². The van der Waals surface area contributed by atoms with Crippen LogP contribution in [0.25, 0.3) is 0 Å². The maximum absolute atomic E-state index is 11.7. The number of aliphatic hydroxyl groups is 4. The highest BCUT2D eigenvalue weighted by Gasteiger charge is 2.53. The fraction of sp³-hybridized carbons (Fsp3) is 0.730. The Bertz CT molecular complexity index is 2330. The molecule has 0 heterocycles. The molecule has 0 unspecified atom stereocenters. The number of ether oxygens (including phenoxy) is 2. The van der Waals surface area contributed by atoms with E-state index >= 15 is 0 Å². The molecule has 0 bridgehead atoms. The van der Waals surface area contributed by atoms with Gasteiger partial charge in [0.25, 0.3) is 0 Å². The lowest BCUT2D eigenvalue weighted by Crippen LogP contribution is -2.75. The average molecular weight is 1270 g/mol. The molecule has 0 aromatic rings. The lowest BCUT2D eigenvalue weighted by molar-refractivity contribution is 0.0209. The number of carbonyl (C=O) groups is 1. The van der Waals surface area contributed by atoms with Crippen LogP contribution < -0.4 is 11.1 Å². The quantitative estimate of drug-likeness (QED) is 0.0448. The lowest BCUT2D eigenvalue weighted by Gasteiger charge is -2.55. The topological polar surface area (TPSA) is 173 Å². The van der Waals surface area contributed by atoms with Crippen molar-refractivity contribution >= 4 is 137 Å². The monoisotopic (exact) mass is 1270 g/mol. The molecule has 484 valence electrons. The molecular weight excluding hydrogens is 1160 g/mol. The van der Waals surface area contributed by atoms with E-state index in [4.69, 9.17) is 109 Å². The number of hydrogen-bond donors (Lipinski definition) is 6. The Hall–Kier alpha value is -1.66. The zero-order chi connectivity index (χ0) is 71.0. The molecule has 7 N–H and O–H groups in total. The largest absolute Gasteiger partial charge is 0.447 e. The van der Waals surface area contributed by atoms with Gasteiger partial charge in [-0.1, -0.05) is 166 Å². The molecule has 4 atom stereocenters. The second kappa shape index (κ2) is 39.2. The minimum atomic E-state index is -1.65. The summed E-state index contributed by atoms with van der Waals surface area (Å²) in [7, 11) is 47.1. The van der Waals surface area contributed by atoms with Crippen molar-refractivity contribution in [3.8, 4) is 0 Å². The van der Waals surface area contributed by atoms with E-state index in [1.54, 1.807) is 6.92 Å². The zero-order valence-corrected chi connectivity index (χ0v) is 62.4. The van der Waals surface area contributed by atoms with Gasteiger partial charge in [-0.15, -0.1) is 0 Å². The molecule has 29 heteroatoms. The van der Waals surface area contributed by atoms with Crippen LogP contribution in [0.1, 0.15) is 148 Å². The summed E-state index contributed by atoms with van der Waals surface area (Å²) in [4.78, 5) is 11.7. The third-order valence-corrected chi connectivity index (χ3v) is 28.6. The van der Waals surface area contributed by atoms with E-state index in [2.05, 4.69) is 205 Å². The van der Waals surface area contributed by atoms with Crippen molar-refractivity contribution in [3.05, 3.63) is 97.2 Å². The van der Waals surface area contributed by atoms with E-state index in [1.807, 2.05) is 6.92 Å². The fourth-order valence-corrected chi connectivity index (χ4v) is 14.5. The molecule has 1 amide bonds. The van der Waals surface area contributed by atoms with Crippen LogP contribution in [0, 0.1) is 38.4 Å². The van der Waals surface area contributed by atoms with E-state index in [9.17, 15) is 9.90 Å². The summed E-state index contributed by atoms with van der Waals surface area (Å²) in [5, 5.41) is 37.4. The van der Waals surface area contributed by atoms with Crippen molar-refractivity contribution < 1.29 is 43.5 Å². The Kier molecular flexibility index (Phi) is 37.7. The van der Waals surface area contributed by atoms with Crippen LogP contribution in [0.2, 0.25) is 36.3 Å². The molecule has 92 heavy (non-hydrogen) atoms. The predicted molar refractivity (Wildman–Crippen MR) is 415 cm³/mol. The number of nitrogens with two attached hydrogens (primary N) is 1. The summed E-state index contributed by atoms with van der Waals surface area (Å²) in [6.45, 7) is 41.3. The second-order valence-electron chi connectivity index (χ2n) is 30.9. The van der Waals surface area contributed by atoms with E-state index in [0.717, 1.165) is 45.3 Å². The minimum Gasteiger partial charge on any atom is -0.447 e. The number of rotatable bonds is 23. The average Bonchev–Trinajstić information content (AvgIpc) is 0.741. The normalized spacial score (nSPS) is 19.6. The van der Waals surface area contributed by atoms with Gasteiger partial charge in [0, 0.05) is 149 Å². The smallest absolute Gasteiger partial charge is 0.407 e. The van der Waals surface area contributed by atoms with E-state index in [0.29, 0.717) is 29.9 Å². The van der Waals surface area contributed by atoms with Gasteiger partial charge in [-0.05, 0) is 139 Å². The van der Waals surface area contributed by atoms with Gasteiger partial charge in [-0.2, -0.15) is 0 Å². The molecule has 2 saturated carbocycles. The SMILES string of the molecule is CC(C)COC[C@H](C)O[Si](C)(C)C(C)(C)C.CCC1(CN)CC2(C=CC3(C=CCC=C3)C=C2)C1.CCC1(CNC(=O)OC[C@H](C)O)CC2(C=CC3(C=CCC=C3)C=C2)C1.C[C@@H](CO)O[Si](C)(C)C(C)(C)C.C[C@H](O)CO.[B]B([B])B([B])B(B([B])[B])B(B([B])[B])B([B])[B]. The van der Waals surface area contributed by atoms with Crippen molar-refractivity contribution in [1.82, 2.24) is 5.32 Å². The van der Waals surface area contributed by atoms with Gasteiger partial charge >= 0.3 is 6.09 Å². The van der Waals surface area contributed by atoms with Gasteiger partial charge in [0.15, 0.2) is 16.6 Å². The Morgan fingerprint density at radius 3 is 1.21 bits per heavy atom.